The third kappa shape index (κ3) is 6.66. The Bertz CT molecular complexity index is 1280. The van der Waals surface area contributed by atoms with Gasteiger partial charge in [-0.25, -0.2) is 4.98 Å². The van der Waals surface area contributed by atoms with Gasteiger partial charge in [0.15, 0.2) is 0 Å². The maximum atomic E-state index is 12.6. The van der Waals surface area contributed by atoms with Gasteiger partial charge in [-0.2, -0.15) is 0 Å². The number of methoxy groups -OCH3 is 1. The van der Waals surface area contributed by atoms with Crippen molar-refractivity contribution in [2.24, 2.45) is 7.05 Å². The Balaban J connectivity index is 2.01. The number of aryl methyl sites for hydroxylation is 2. The van der Waals surface area contributed by atoms with E-state index in [0.717, 1.165) is 34.4 Å². The lowest BCUT2D eigenvalue weighted by Crippen LogP contribution is -2.47. The molecule has 0 bridgehead atoms. The van der Waals surface area contributed by atoms with E-state index in [0.29, 0.717) is 18.7 Å². The van der Waals surface area contributed by atoms with Gasteiger partial charge in [0.25, 0.3) is 5.56 Å². The number of aliphatic hydroxyl groups excluding tert-OH is 1. The summed E-state index contributed by atoms with van der Waals surface area (Å²) in [6, 6.07) is 7.04. The summed E-state index contributed by atoms with van der Waals surface area (Å²) in [6.07, 6.45) is 1.73. The zero-order chi connectivity index (χ0) is 27.5. The fraction of sp³-hybridized carbons (Fsp3) is 0.536. The number of pyridine rings is 1. The Hall–Kier alpha value is -3.01. The average Bonchev–Trinajstić information content (AvgIpc) is 3.18. The first-order chi connectivity index (χ1) is 17.4. The van der Waals surface area contributed by atoms with Crippen molar-refractivity contribution in [3.63, 3.8) is 0 Å². The number of hydrogen-bond acceptors (Lipinski definition) is 7. The zero-order valence-corrected chi connectivity index (χ0v) is 23.2. The van der Waals surface area contributed by atoms with Crippen molar-refractivity contribution in [2.45, 2.75) is 78.3 Å². The smallest absolute Gasteiger partial charge is 0.326 e. The van der Waals surface area contributed by atoms with Crippen molar-refractivity contribution >= 4 is 17.0 Å². The zero-order valence-electron chi connectivity index (χ0n) is 23.2. The molecule has 2 N–H and O–H groups in total. The van der Waals surface area contributed by atoms with E-state index in [9.17, 15) is 14.7 Å². The van der Waals surface area contributed by atoms with Crippen LogP contribution in [-0.4, -0.2) is 56.7 Å². The summed E-state index contributed by atoms with van der Waals surface area (Å²) < 4.78 is 14.7. The van der Waals surface area contributed by atoms with Gasteiger partial charge in [-0.1, -0.05) is 13.0 Å². The molecule has 0 aliphatic carbocycles. The topological polar surface area (TPSA) is 108 Å². The minimum Gasteiger partial charge on any atom is -0.459 e. The third-order valence-corrected chi connectivity index (χ3v) is 6.24. The van der Waals surface area contributed by atoms with Gasteiger partial charge < -0.3 is 23.7 Å². The number of esters is 1. The predicted octanol–water partition coefficient (Wildman–Crippen LogP) is 3.49. The molecule has 3 aromatic rings. The highest BCUT2D eigenvalue weighted by Crippen LogP contribution is 2.30. The highest BCUT2D eigenvalue weighted by Gasteiger charge is 2.28. The van der Waals surface area contributed by atoms with E-state index in [4.69, 9.17) is 14.5 Å². The molecule has 0 fully saturated rings. The molecule has 0 amide bonds. The second kappa shape index (κ2) is 11.6. The summed E-state index contributed by atoms with van der Waals surface area (Å²) in [5.41, 5.74) is 3.47. The van der Waals surface area contributed by atoms with Gasteiger partial charge in [-0.15, -0.1) is 0 Å². The van der Waals surface area contributed by atoms with Crippen molar-refractivity contribution in [3.05, 3.63) is 51.9 Å². The fourth-order valence-corrected chi connectivity index (χ4v) is 4.44. The first kappa shape index (κ1) is 28.6. The Morgan fingerprint density at radius 3 is 2.51 bits per heavy atom. The number of nitrogens with one attached hydrogen (secondary N) is 1. The van der Waals surface area contributed by atoms with Crippen LogP contribution in [0, 0.1) is 6.92 Å². The van der Waals surface area contributed by atoms with Gasteiger partial charge >= 0.3 is 5.97 Å². The van der Waals surface area contributed by atoms with E-state index < -0.39 is 23.7 Å². The van der Waals surface area contributed by atoms with Crippen LogP contribution in [0.1, 0.15) is 58.2 Å². The SMILES string of the molecule is CCC(COC)n1c(-c2cc(C)c(=O)n(C)c2)nc2cc(CNC(C(=O)OC(C)(C)C)C(C)O)ccc21. The predicted molar refractivity (Wildman–Crippen MR) is 145 cm³/mol. The highest BCUT2D eigenvalue weighted by molar-refractivity contribution is 5.82. The molecule has 0 aliphatic rings. The summed E-state index contributed by atoms with van der Waals surface area (Å²) in [6.45, 7) is 11.7. The lowest BCUT2D eigenvalue weighted by Gasteiger charge is -2.26. The Labute approximate surface area is 218 Å². The number of benzene rings is 1. The molecule has 0 radical (unpaired) electrons. The molecule has 0 saturated carbocycles. The summed E-state index contributed by atoms with van der Waals surface area (Å²) in [5, 5.41) is 13.3. The van der Waals surface area contributed by atoms with E-state index in [2.05, 4.69) is 16.8 Å². The second-order valence-electron chi connectivity index (χ2n) is 10.6. The molecule has 0 aliphatic heterocycles. The molecule has 9 nitrogen and oxygen atoms in total. The number of imidazole rings is 1. The van der Waals surface area contributed by atoms with E-state index >= 15 is 0 Å². The van der Waals surface area contributed by atoms with Crippen LogP contribution in [0.5, 0.6) is 0 Å². The number of rotatable bonds is 10. The lowest BCUT2D eigenvalue weighted by atomic mass is 10.1. The monoisotopic (exact) mass is 512 g/mol. The molecule has 0 spiro atoms. The first-order valence-corrected chi connectivity index (χ1v) is 12.7. The Morgan fingerprint density at radius 1 is 1.24 bits per heavy atom. The number of hydrogen-bond donors (Lipinski definition) is 2. The van der Waals surface area contributed by atoms with Crippen LogP contribution in [-0.2, 0) is 27.9 Å². The van der Waals surface area contributed by atoms with Crippen LogP contribution in [0.3, 0.4) is 0 Å². The van der Waals surface area contributed by atoms with Gasteiger partial charge in [-0.05, 0) is 64.8 Å². The summed E-state index contributed by atoms with van der Waals surface area (Å²) in [5.74, 6) is 0.267. The molecule has 3 rings (SSSR count). The minimum absolute atomic E-state index is 0.0404. The number of ether oxygens (including phenoxy) is 2. The maximum absolute atomic E-state index is 12.6. The Kier molecular flexibility index (Phi) is 8.94. The van der Waals surface area contributed by atoms with E-state index in [1.165, 1.54) is 0 Å². The van der Waals surface area contributed by atoms with Crippen molar-refractivity contribution in [2.75, 3.05) is 13.7 Å². The molecule has 37 heavy (non-hydrogen) atoms. The van der Waals surface area contributed by atoms with Crippen LogP contribution in [0.25, 0.3) is 22.4 Å². The van der Waals surface area contributed by atoms with Crippen molar-refractivity contribution in [3.8, 4) is 11.4 Å². The Morgan fingerprint density at radius 2 is 1.95 bits per heavy atom. The first-order valence-electron chi connectivity index (χ1n) is 12.7. The van der Waals surface area contributed by atoms with Gasteiger partial charge in [-0.3, -0.25) is 14.9 Å². The van der Waals surface area contributed by atoms with Crippen LogP contribution >= 0.6 is 0 Å². The molecule has 2 aromatic heterocycles. The quantitative estimate of drug-likeness (QED) is 0.401. The van der Waals surface area contributed by atoms with Crippen molar-refractivity contribution < 1.29 is 19.4 Å². The van der Waals surface area contributed by atoms with Gasteiger partial charge in [0.2, 0.25) is 0 Å². The standard InChI is InChI=1S/C28H40N4O5/c1-9-21(16-36-8)32-23-11-10-19(14-29-24(18(3)33)27(35)37-28(4,5)6)13-22(23)30-25(32)20-12-17(2)26(34)31(7)15-20/h10-13,15,18,21,24,29,33H,9,14,16H2,1-8H3. The van der Waals surface area contributed by atoms with Crippen molar-refractivity contribution in [1.29, 1.82) is 0 Å². The van der Waals surface area contributed by atoms with Crippen LogP contribution in [0.2, 0.25) is 0 Å². The van der Waals surface area contributed by atoms with Gasteiger partial charge in [0, 0.05) is 38.0 Å². The number of nitrogens with zero attached hydrogens (tertiary/aromatic N) is 3. The highest BCUT2D eigenvalue weighted by atomic mass is 16.6. The maximum Gasteiger partial charge on any atom is 0.326 e. The molecule has 202 valence electrons. The minimum atomic E-state index is -0.920. The number of carbonyl (C=O) groups is 1. The molecule has 2 heterocycles. The largest absolute Gasteiger partial charge is 0.459 e. The molecule has 3 atom stereocenters. The normalized spacial score (nSPS) is 14.5. The van der Waals surface area contributed by atoms with Gasteiger partial charge in [0.05, 0.1) is 29.8 Å². The lowest BCUT2D eigenvalue weighted by molar-refractivity contribution is -0.160. The summed E-state index contributed by atoms with van der Waals surface area (Å²) in [4.78, 5) is 29.9. The molecule has 1 aromatic carbocycles. The molecule has 9 heteroatoms. The summed E-state index contributed by atoms with van der Waals surface area (Å²) in [7, 11) is 3.43. The van der Waals surface area contributed by atoms with E-state index in [1.54, 1.807) is 53.3 Å². The van der Waals surface area contributed by atoms with Crippen molar-refractivity contribution in [1.82, 2.24) is 19.4 Å². The number of aliphatic hydroxyl groups is 1. The van der Waals surface area contributed by atoms with Crippen LogP contribution < -0.4 is 10.9 Å². The fourth-order valence-electron chi connectivity index (χ4n) is 4.44. The molecular formula is C28H40N4O5. The third-order valence-electron chi connectivity index (χ3n) is 6.24. The number of aromatic nitrogens is 3. The van der Waals surface area contributed by atoms with Crippen LogP contribution in [0.4, 0.5) is 0 Å². The van der Waals surface area contributed by atoms with E-state index in [1.807, 2.05) is 30.5 Å². The van der Waals surface area contributed by atoms with Gasteiger partial charge in [0.1, 0.15) is 17.5 Å². The molecular weight excluding hydrogens is 472 g/mol. The molecule has 3 unspecified atom stereocenters. The number of carbonyl (C=O) groups excluding carboxylic acids is 1. The molecule has 0 saturated heterocycles. The van der Waals surface area contributed by atoms with Crippen LogP contribution in [0.15, 0.2) is 35.3 Å². The summed E-state index contributed by atoms with van der Waals surface area (Å²) >= 11 is 0. The average molecular weight is 513 g/mol. The van der Waals surface area contributed by atoms with E-state index in [-0.39, 0.29) is 11.6 Å². The second-order valence-corrected chi connectivity index (χ2v) is 10.6. The number of fused-ring (bicyclic) bond motifs is 1.